The van der Waals surface area contributed by atoms with Crippen LogP contribution in [0.3, 0.4) is 0 Å². The molecule has 10 heavy (non-hydrogen) atoms. The average Bonchev–Trinajstić information content (AvgIpc) is 1.95. The Morgan fingerprint density at radius 1 is 1.50 bits per heavy atom. The Morgan fingerprint density at radius 2 is 2.20 bits per heavy atom. The van der Waals surface area contributed by atoms with Gasteiger partial charge in [-0.15, -0.1) is 0 Å². The third-order valence-corrected chi connectivity index (χ3v) is 1.14. The van der Waals surface area contributed by atoms with Crippen molar-refractivity contribution < 1.29 is 5.11 Å². The van der Waals surface area contributed by atoms with Gasteiger partial charge in [-0.3, -0.25) is 0 Å². The molecule has 1 aromatic rings. The van der Waals surface area contributed by atoms with Crippen molar-refractivity contribution in [2.75, 3.05) is 5.73 Å². The van der Waals surface area contributed by atoms with Crippen molar-refractivity contribution in [2.45, 2.75) is 0 Å². The normalized spacial score (nSPS) is 8.70. The van der Waals surface area contributed by atoms with Crippen molar-refractivity contribution in [3.63, 3.8) is 0 Å². The van der Waals surface area contributed by atoms with Crippen molar-refractivity contribution in [1.29, 1.82) is 0 Å². The van der Waals surface area contributed by atoms with Gasteiger partial charge in [0.1, 0.15) is 5.75 Å². The van der Waals surface area contributed by atoms with E-state index in [1.165, 1.54) is 12.1 Å². The molecular formula is C7H6N2O. The molecule has 0 bridgehead atoms. The van der Waals surface area contributed by atoms with Gasteiger partial charge in [0.15, 0.2) is 5.69 Å². The number of phenolic OH excluding ortho intramolecular Hbond substituents is 1. The molecule has 0 amide bonds. The van der Waals surface area contributed by atoms with Crippen LogP contribution in [0.25, 0.3) is 4.85 Å². The molecule has 0 saturated carbocycles. The maximum absolute atomic E-state index is 8.96. The Balaban J connectivity index is 3.20. The highest BCUT2D eigenvalue weighted by Gasteiger charge is 1.95. The van der Waals surface area contributed by atoms with Crippen LogP contribution in [-0.4, -0.2) is 5.11 Å². The largest absolute Gasteiger partial charge is 0.507 e. The highest BCUT2D eigenvalue weighted by molar-refractivity contribution is 5.60. The first-order valence-corrected chi connectivity index (χ1v) is 2.70. The van der Waals surface area contributed by atoms with Crippen LogP contribution < -0.4 is 5.73 Å². The Kier molecular flexibility index (Phi) is 1.46. The minimum Gasteiger partial charge on any atom is -0.507 e. The molecule has 0 radical (unpaired) electrons. The van der Waals surface area contributed by atoms with Gasteiger partial charge >= 0.3 is 0 Å². The van der Waals surface area contributed by atoms with E-state index in [9.17, 15) is 0 Å². The summed E-state index contributed by atoms with van der Waals surface area (Å²) >= 11 is 0. The summed E-state index contributed by atoms with van der Waals surface area (Å²) in [6.45, 7) is 6.58. The molecule has 0 spiro atoms. The summed E-state index contributed by atoms with van der Waals surface area (Å²) in [5, 5.41) is 8.96. The number of hydrogen-bond donors (Lipinski definition) is 2. The molecule has 0 atom stereocenters. The van der Waals surface area contributed by atoms with Crippen molar-refractivity contribution >= 4 is 11.4 Å². The van der Waals surface area contributed by atoms with Gasteiger partial charge in [0.05, 0.1) is 12.3 Å². The van der Waals surface area contributed by atoms with Gasteiger partial charge in [0.25, 0.3) is 0 Å². The van der Waals surface area contributed by atoms with Gasteiger partial charge < -0.3 is 10.8 Å². The van der Waals surface area contributed by atoms with E-state index in [1.54, 1.807) is 6.07 Å². The maximum Gasteiger partial charge on any atom is 0.191 e. The quantitative estimate of drug-likeness (QED) is 0.321. The monoisotopic (exact) mass is 134 g/mol. The SMILES string of the molecule is [C-]#[N+]c1ccc(N)c(O)c1. The molecule has 0 aromatic heterocycles. The number of anilines is 1. The second-order valence-corrected chi connectivity index (χ2v) is 1.85. The zero-order valence-corrected chi connectivity index (χ0v) is 5.20. The van der Waals surface area contributed by atoms with Gasteiger partial charge in [0.2, 0.25) is 0 Å². The molecule has 0 aliphatic heterocycles. The Hall–Kier alpha value is -1.69. The molecule has 0 aliphatic rings. The molecule has 0 saturated heterocycles. The lowest BCUT2D eigenvalue weighted by Crippen LogP contribution is -1.82. The van der Waals surface area contributed by atoms with Gasteiger partial charge in [-0.05, 0) is 12.1 Å². The minimum atomic E-state index is -0.0338. The molecule has 3 heteroatoms. The van der Waals surface area contributed by atoms with Crippen LogP contribution in [0.4, 0.5) is 11.4 Å². The first-order chi connectivity index (χ1) is 4.74. The fourth-order valence-electron chi connectivity index (χ4n) is 0.602. The summed E-state index contributed by atoms with van der Waals surface area (Å²) in [6.07, 6.45) is 0. The number of phenols is 1. The average molecular weight is 134 g/mol. The van der Waals surface area contributed by atoms with E-state index in [-0.39, 0.29) is 5.75 Å². The van der Waals surface area contributed by atoms with Crippen LogP contribution >= 0.6 is 0 Å². The number of nitrogen functional groups attached to an aromatic ring is 1. The highest BCUT2D eigenvalue weighted by Crippen LogP contribution is 2.24. The van der Waals surface area contributed by atoms with Crippen LogP contribution in [0, 0.1) is 6.57 Å². The third kappa shape index (κ3) is 1.00. The summed E-state index contributed by atoms with van der Waals surface area (Å²) in [6, 6.07) is 4.40. The van der Waals surface area contributed by atoms with Crippen molar-refractivity contribution in [3.8, 4) is 5.75 Å². The number of nitrogens with two attached hydrogens (primary N) is 1. The zero-order valence-electron chi connectivity index (χ0n) is 5.20. The maximum atomic E-state index is 8.96. The third-order valence-electron chi connectivity index (χ3n) is 1.14. The topological polar surface area (TPSA) is 50.6 Å². The van der Waals surface area contributed by atoms with Crippen LogP contribution in [0.5, 0.6) is 5.75 Å². The highest BCUT2D eigenvalue weighted by atomic mass is 16.3. The summed E-state index contributed by atoms with van der Waals surface area (Å²) in [7, 11) is 0. The van der Waals surface area contributed by atoms with Crippen molar-refractivity contribution in [3.05, 3.63) is 29.6 Å². The molecule has 0 aliphatic carbocycles. The van der Waals surface area contributed by atoms with E-state index in [4.69, 9.17) is 17.4 Å². The fourth-order valence-corrected chi connectivity index (χ4v) is 0.602. The Bertz CT molecular complexity index is 288. The van der Waals surface area contributed by atoms with Gasteiger partial charge in [-0.2, -0.15) is 0 Å². The lowest BCUT2D eigenvalue weighted by Gasteiger charge is -1.96. The minimum absolute atomic E-state index is 0.0338. The predicted octanol–water partition coefficient (Wildman–Crippen LogP) is 1.53. The number of benzene rings is 1. The lowest BCUT2D eigenvalue weighted by atomic mass is 10.3. The summed E-state index contributed by atoms with van der Waals surface area (Å²) < 4.78 is 0. The summed E-state index contributed by atoms with van der Waals surface area (Å²) in [5.41, 5.74) is 5.98. The van der Waals surface area contributed by atoms with Crippen LogP contribution in [-0.2, 0) is 0 Å². The molecule has 50 valence electrons. The molecule has 0 fully saturated rings. The fraction of sp³-hybridized carbons (Fsp3) is 0. The van der Waals surface area contributed by atoms with Crippen LogP contribution in [0.2, 0.25) is 0 Å². The second-order valence-electron chi connectivity index (χ2n) is 1.85. The molecule has 1 rings (SSSR count). The Labute approximate surface area is 58.5 Å². The number of nitrogens with zero attached hydrogens (tertiary/aromatic N) is 1. The molecular weight excluding hydrogens is 128 g/mol. The van der Waals surface area contributed by atoms with E-state index in [1.807, 2.05) is 0 Å². The van der Waals surface area contributed by atoms with Crippen LogP contribution in [0.15, 0.2) is 18.2 Å². The standard InChI is InChI=1S/C7H6N2O/c1-9-5-2-3-6(8)7(10)4-5/h2-4,10H,8H2. The van der Waals surface area contributed by atoms with Crippen molar-refractivity contribution in [2.24, 2.45) is 0 Å². The predicted molar refractivity (Wildman–Crippen MR) is 38.8 cm³/mol. The smallest absolute Gasteiger partial charge is 0.191 e. The summed E-state index contributed by atoms with van der Waals surface area (Å²) in [4.78, 5) is 3.11. The van der Waals surface area contributed by atoms with Gasteiger partial charge in [-0.1, -0.05) is 6.07 Å². The van der Waals surface area contributed by atoms with E-state index < -0.39 is 0 Å². The molecule has 0 heterocycles. The van der Waals surface area contributed by atoms with Crippen molar-refractivity contribution in [1.82, 2.24) is 0 Å². The number of aromatic hydroxyl groups is 1. The molecule has 3 N–H and O–H groups in total. The van der Waals surface area contributed by atoms with Gasteiger partial charge in [0, 0.05) is 0 Å². The Morgan fingerprint density at radius 3 is 2.70 bits per heavy atom. The van der Waals surface area contributed by atoms with E-state index in [2.05, 4.69) is 4.85 Å². The lowest BCUT2D eigenvalue weighted by molar-refractivity contribution is 0.478. The molecule has 3 nitrogen and oxygen atoms in total. The number of hydrogen-bond acceptors (Lipinski definition) is 2. The second kappa shape index (κ2) is 2.28. The van der Waals surface area contributed by atoms with E-state index in [0.29, 0.717) is 11.4 Å². The first-order valence-electron chi connectivity index (χ1n) is 2.70. The summed E-state index contributed by atoms with van der Waals surface area (Å²) in [5.74, 6) is -0.0338. The number of rotatable bonds is 0. The van der Waals surface area contributed by atoms with E-state index >= 15 is 0 Å². The first kappa shape index (κ1) is 6.43. The van der Waals surface area contributed by atoms with E-state index in [0.717, 1.165) is 0 Å². The van der Waals surface area contributed by atoms with Crippen LogP contribution in [0.1, 0.15) is 0 Å². The zero-order chi connectivity index (χ0) is 7.56. The van der Waals surface area contributed by atoms with Gasteiger partial charge in [-0.25, -0.2) is 4.85 Å². The molecule has 1 aromatic carbocycles. The molecule has 0 unspecified atom stereocenters.